The molecule has 1 aromatic carbocycles. The number of carbonyl (C=O) groups excluding carboxylic acids is 2. The third-order valence-corrected chi connectivity index (χ3v) is 5.31. The molecule has 3 unspecified atom stereocenters. The summed E-state index contributed by atoms with van der Waals surface area (Å²) in [6.07, 6.45) is 2.50. The Balaban J connectivity index is 1.62. The van der Waals surface area contributed by atoms with E-state index in [0.29, 0.717) is 13.0 Å². The molecule has 0 aliphatic carbocycles. The lowest BCUT2D eigenvalue weighted by atomic mass is 10.0. The van der Waals surface area contributed by atoms with Gasteiger partial charge in [-0.3, -0.25) is 9.59 Å². The zero-order chi connectivity index (χ0) is 23.1. The van der Waals surface area contributed by atoms with Gasteiger partial charge in [0.2, 0.25) is 11.8 Å². The van der Waals surface area contributed by atoms with E-state index in [4.69, 9.17) is 4.74 Å². The quantitative estimate of drug-likeness (QED) is 0.661. The number of morpholine rings is 1. The summed E-state index contributed by atoms with van der Waals surface area (Å²) in [5.41, 5.74) is 1.66. The minimum atomic E-state index is -0.731. The second-order valence-corrected chi connectivity index (χ2v) is 8.91. The fraction of sp³-hybridized carbons (Fsp3) is 0.480. The number of carbonyl (C=O) groups is 2. The first kappa shape index (κ1) is 23.7. The lowest BCUT2D eigenvalue weighted by molar-refractivity contribution is -0.129. The number of hydrogen-bond acceptors (Lipinski definition) is 5. The average Bonchev–Trinajstić information content (AvgIpc) is 2.75. The molecule has 2 N–H and O–H groups in total. The van der Waals surface area contributed by atoms with E-state index in [2.05, 4.69) is 34.4 Å². The Morgan fingerprint density at radius 3 is 2.38 bits per heavy atom. The van der Waals surface area contributed by atoms with E-state index in [1.807, 2.05) is 56.3 Å². The van der Waals surface area contributed by atoms with Crippen molar-refractivity contribution in [2.45, 2.75) is 58.9 Å². The fourth-order valence-electron chi connectivity index (χ4n) is 3.90. The fourth-order valence-corrected chi connectivity index (χ4v) is 3.90. The van der Waals surface area contributed by atoms with Gasteiger partial charge in [-0.05, 0) is 37.0 Å². The number of pyridine rings is 1. The van der Waals surface area contributed by atoms with Gasteiger partial charge < -0.3 is 20.3 Å². The molecule has 0 saturated carbocycles. The maximum atomic E-state index is 13.0. The first-order valence-corrected chi connectivity index (χ1v) is 11.3. The van der Waals surface area contributed by atoms with Crippen LogP contribution in [0.1, 0.15) is 51.3 Å². The van der Waals surface area contributed by atoms with Gasteiger partial charge in [0.25, 0.3) is 0 Å². The summed E-state index contributed by atoms with van der Waals surface area (Å²) in [5.74, 6) is 0.749. The van der Waals surface area contributed by atoms with Crippen LogP contribution < -0.4 is 15.5 Å². The highest BCUT2D eigenvalue weighted by Gasteiger charge is 2.24. The van der Waals surface area contributed by atoms with Crippen molar-refractivity contribution in [3.05, 3.63) is 59.8 Å². The summed E-state index contributed by atoms with van der Waals surface area (Å²) in [6.45, 7) is 10.0. The van der Waals surface area contributed by atoms with Gasteiger partial charge in [-0.1, -0.05) is 50.2 Å². The number of ether oxygens (including phenoxy) is 1. The van der Waals surface area contributed by atoms with E-state index < -0.39 is 6.04 Å². The summed E-state index contributed by atoms with van der Waals surface area (Å²) in [7, 11) is 0. The van der Waals surface area contributed by atoms with Crippen LogP contribution in [0.4, 0.5) is 5.82 Å². The summed E-state index contributed by atoms with van der Waals surface area (Å²) in [6, 6.07) is 12.5. The molecule has 7 nitrogen and oxygen atoms in total. The maximum absolute atomic E-state index is 13.0. The Morgan fingerprint density at radius 1 is 1.09 bits per heavy atom. The van der Waals surface area contributed by atoms with Crippen molar-refractivity contribution in [1.29, 1.82) is 0 Å². The van der Waals surface area contributed by atoms with Gasteiger partial charge in [0.15, 0.2) is 0 Å². The molecule has 2 aromatic rings. The van der Waals surface area contributed by atoms with Crippen molar-refractivity contribution in [3.8, 4) is 0 Å². The van der Waals surface area contributed by atoms with E-state index in [-0.39, 0.29) is 29.9 Å². The topological polar surface area (TPSA) is 83.6 Å². The van der Waals surface area contributed by atoms with E-state index in [9.17, 15) is 9.59 Å². The van der Waals surface area contributed by atoms with Gasteiger partial charge in [-0.2, -0.15) is 0 Å². The van der Waals surface area contributed by atoms with Crippen LogP contribution in [0.15, 0.2) is 48.7 Å². The number of hydrogen-bond donors (Lipinski definition) is 2. The molecule has 1 aliphatic heterocycles. The molecule has 3 rings (SSSR count). The maximum Gasteiger partial charge on any atom is 0.247 e. The van der Waals surface area contributed by atoms with Gasteiger partial charge in [-0.15, -0.1) is 0 Å². The Hall–Kier alpha value is -2.93. The number of nitrogens with zero attached hydrogens (tertiary/aromatic N) is 2. The lowest BCUT2D eigenvalue weighted by Crippen LogP contribution is -2.45. The highest BCUT2D eigenvalue weighted by atomic mass is 16.5. The SMILES string of the molecule is CC(C)CC(=O)NC(C(=O)NCc1ccc(N2CC(C)OC(C)C2)nc1)c1ccccc1. The highest BCUT2D eigenvalue weighted by Crippen LogP contribution is 2.19. The van der Waals surface area contributed by atoms with Crippen LogP contribution in [0.25, 0.3) is 0 Å². The molecular formula is C25H34N4O3. The molecule has 1 fully saturated rings. The predicted molar refractivity (Wildman–Crippen MR) is 125 cm³/mol. The Morgan fingerprint density at radius 2 is 1.78 bits per heavy atom. The highest BCUT2D eigenvalue weighted by molar-refractivity contribution is 5.88. The second kappa shape index (κ2) is 11.1. The van der Waals surface area contributed by atoms with Gasteiger partial charge >= 0.3 is 0 Å². The van der Waals surface area contributed by atoms with Crippen molar-refractivity contribution in [2.24, 2.45) is 5.92 Å². The van der Waals surface area contributed by atoms with Crippen molar-refractivity contribution < 1.29 is 14.3 Å². The van der Waals surface area contributed by atoms with Crippen molar-refractivity contribution in [2.75, 3.05) is 18.0 Å². The van der Waals surface area contributed by atoms with Crippen LogP contribution in [-0.2, 0) is 20.9 Å². The number of anilines is 1. The molecule has 0 radical (unpaired) electrons. The molecule has 32 heavy (non-hydrogen) atoms. The largest absolute Gasteiger partial charge is 0.372 e. The lowest BCUT2D eigenvalue weighted by Gasteiger charge is -2.36. The van der Waals surface area contributed by atoms with Crippen LogP contribution in [0.2, 0.25) is 0 Å². The number of benzene rings is 1. The Kier molecular flexibility index (Phi) is 8.22. The van der Waals surface area contributed by atoms with E-state index in [1.165, 1.54) is 0 Å². The smallest absolute Gasteiger partial charge is 0.247 e. The molecule has 1 aromatic heterocycles. The molecule has 172 valence electrons. The molecule has 2 heterocycles. The summed E-state index contributed by atoms with van der Waals surface area (Å²) in [4.78, 5) is 32.1. The molecule has 1 saturated heterocycles. The molecule has 0 spiro atoms. The van der Waals surface area contributed by atoms with Gasteiger partial charge in [0, 0.05) is 32.3 Å². The monoisotopic (exact) mass is 438 g/mol. The van der Waals surface area contributed by atoms with E-state index in [0.717, 1.165) is 30.0 Å². The number of rotatable bonds is 8. The van der Waals surface area contributed by atoms with E-state index >= 15 is 0 Å². The van der Waals surface area contributed by atoms with Crippen LogP contribution in [0.5, 0.6) is 0 Å². The van der Waals surface area contributed by atoms with Crippen LogP contribution >= 0.6 is 0 Å². The molecular weight excluding hydrogens is 404 g/mol. The minimum Gasteiger partial charge on any atom is -0.372 e. The average molecular weight is 439 g/mol. The molecule has 3 atom stereocenters. The van der Waals surface area contributed by atoms with Gasteiger partial charge in [-0.25, -0.2) is 4.98 Å². The normalized spacial score (nSPS) is 19.5. The molecule has 2 amide bonds. The van der Waals surface area contributed by atoms with Crippen molar-refractivity contribution in [3.63, 3.8) is 0 Å². The van der Waals surface area contributed by atoms with Gasteiger partial charge in [0.05, 0.1) is 12.2 Å². The number of aromatic nitrogens is 1. The van der Waals surface area contributed by atoms with E-state index in [1.54, 1.807) is 6.20 Å². The Labute approximate surface area is 190 Å². The minimum absolute atomic E-state index is 0.135. The number of nitrogens with one attached hydrogen (secondary N) is 2. The summed E-state index contributed by atoms with van der Waals surface area (Å²) < 4.78 is 5.79. The van der Waals surface area contributed by atoms with Gasteiger partial charge in [0.1, 0.15) is 11.9 Å². The first-order chi connectivity index (χ1) is 15.3. The Bertz CT molecular complexity index is 876. The molecule has 0 bridgehead atoms. The second-order valence-electron chi connectivity index (χ2n) is 8.91. The predicted octanol–water partition coefficient (Wildman–Crippen LogP) is 3.22. The van der Waals surface area contributed by atoms with Crippen molar-refractivity contribution in [1.82, 2.24) is 15.6 Å². The number of amides is 2. The molecule has 1 aliphatic rings. The zero-order valence-electron chi connectivity index (χ0n) is 19.4. The van der Waals surface area contributed by atoms with Crippen LogP contribution in [-0.4, -0.2) is 42.1 Å². The zero-order valence-corrected chi connectivity index (χ0v) is 19.4. The summed E-state index contributed by atoms with van der Waals surface area (Å²) >= 11 is 0. The summed E-state index contributed by atoms with van der Waals surface area (Å²) in [5, 5.41) is 5.82. The molecule has 7 heteroatoms. The van der Waals surface area contributed by atoms with Crippen LogP contribution in [0, 0.1) is 5.92 Å². The first-order valence-electron chi connectivity index (χ1n) is 11.3. The van der Waals surface area contributed by atoms with Crippen LogP contribution in [0.3, 0.4) is 0 Å². The standard InChI is InChI=1S/C25H34N4O3/c1-17(2)12-23(30)28-24(21-8-6-5-7-9-21)25(31)27-14-20-10-11-22(26-13-20)29-15-18(3)32-19(4)16-29/h5-11,13,17-19,24H,12,14-16H2,1-4H3,(H,27,31)(H,28,30). The third kappa shape index (κ3) is 6.79. The third-order valence-electron chi connectivity index (χ3n) is 5.31. The van der Waals surface area contributed by atoms with Crippen molar-refractivity contribution >= 4 is 17.6 Å².